The number of carbonyl (C=O) groups excluding carboxylic acids is 2. The van der Waals surface area contributed by atoms with E-state index < -0.39 is 8.32 Å². The Bertz CT molecular complexity index is 491. The fraction of sp³-hybridized carbons (Fsp3) is 0.882. The Kier molecular flexibility index (Phi) is 3.31. The van der Waals surface area contributed by atoms with Gasteiger partial charge in [-0.2, -0.15) is 0 Å². The van der Waals surface area contributed by atoms with Crippen LogP contribution >= 0.6 is 0 Å². The normalized spacial score (nSPS) is 39.8. The van der Waals surface area contributed by atoms with Gasteiger partial charge in [0.05, 0.1) is 6.10 Å². The van der Waals surface area contributed by atoms with Crippen LogP contribution in [0.25, 0.3) is 0 Å². The summed E-state index contributed by atoms with van der Waals surface area (Å²) in [6.45, 7) is 11.2. The zero-order valence-corrected chi connectivity index (χ0v) is 15.0. The van der Waals surface area contributed by atoms with Gasteiger partial charge in [-0.1, -0.05) is 20.8 Å². The second-order valence-electron chi connectivity index (χ2n) is 8.95. The van der Waals surface area contributed by atoms with Gasteiger partial charge in [0.25, 0.3) is 0 Å². The van der Waals surface area contributed by atoms with Crippen molar-refractivity contribution >= 4 is 19.9 Å². The summed E-state index contributed by atoms with van der Waals surface area (Å²) >= 11 is 0. The molecule has 0 unspecified atom stereocenters. The summed E-state index contributed by atoms with van der Waals surface area (Å²) in [5.74, 6) is 1.05. The molecular formula is C17H28O3Si. The van der Waals surface area contributed by atoms with Gasteiger partial charge in [-0.25, -0.2) is 0 Å². The molecule has 0 saturated heterocycles. The zero-order valence-electron chi connectivity index (χ0n) is 14.0. The third-order valence-electron chi connectivity index (χ3n) is 6.75. The first-order valence-electron chi connectivity index (χ1n) is 8.29. The molecule has 21 heavy (non-hydrogen) atoms. The first-order valence-corrected chi connectivity index (χ1v) is 11.2. The molecule has 0 heterocycles. The SMILES string of the molecule is CC(C)(C)[Si](C)(C)O[C@@H]1CC[C@]23CC(=O)C[C@H]2CC(=O)[C@H]13. The van der Waals surface area contributed by atoms with Gasteiger partial charge in [0.2, 0.25) is 0 Å². The zero-order chi connectivity index (χ0) is 15.6. The molecule has 0 N–H and O–H groups in total. The molecule has 3 aliphatic carbocycles. The molecule has 3 nitrogen and oxygen atoms in total. The number of carbonyl (C=O) groups is 2. The first kappa shape index (κ1) is 15.4. The minimum atomic E-state index is -1.86. The summed E-state index contributed by atoms with van der Waals surface area (Å²) in [4.78, 5) is 24.4. The Morgan fingerprint density at radius 3 is 2.48 bits per heavy atom. The van der Waals surface area contributed by atoms with Crippen molar-refractivity contribution in [3.05, 3.63) is 0 Å². The highest BCUT2D eigenvalue weighted by atomic mass is 28.4. The predicted octanol–water partition coefficient (Wildman–Crippen LogP) is 3.73. The van der Waals surface area contributed by atoms with Crippen LogP contribution in [0.1, 0.15) is 52.9 Å². The minimum Gasteiger partial charge on any atom is -0.413 e. The van der Waals surface area contributed by atoms with Crippen molar-refractivity contribution in [2.45, 2.75) is 77.1 Å². The Hall–Kier alpha value is -0.483. The molecule has 3 fully saturated rings. The van der Waals surface area contributed by atoms with Crippen LogP contribution < -0.4 is 0 Å². The topological polar surface area (TPSA) is 43.4 Å². The second-order valence-corrected chi connectivity index (χ2v) is 13.7. The monoisotopic (exact) mass is 308 g/mol. The third kappa shape index (κ3) is 2.17. The van der Waals surface area contributed by atoms with Gasteiger partial charge in [-0.05, 0) is 42.3 Å². The number of hydrogen-bond acceptors (Lipinski definition) is 3. The summed E-state index contributed by atoms with van der Waals surface area (Å²) in [6, 6.07) is 0. The summed E-state index contributed by atoms with van der Waals surface area (Å²) in [5, 5.41) is 0.162. The Morgan fingerprint density at radius 1 is 1.19 bits per heavy atom. The minimum absolute atomic E-state index is 0.00285. The lowest BCUT2D eigenvalue weighted by Gasteiger charge is -2.40. The number of Topliss-reactive ketones (excluding diaryl/α,β-unsaturated/α-hetero) is 2. The summed E-state index contributed by atoms with van der Waals surface area (Å²) in [6.07, 6.45) is 3.93. The van der Waals surface area contributed by atoms with Crippen LogP contribution in [0.3, 0.4) is 0 Å². The molecular weight excluding hydrogens is 280 g/mol. The molecule has 3 saturated carbocycles. The predicted molar refractivity (Wildman–Crippen MR) is 84.6 cm³/mol. The highest BCUT2D eigenvalue weighted by molar-refractivity contribution is 6.74. The van der Waals surface area contributed by atoms with Gasteiger partial charge in [-0.3, -0.25) is 9.59 Å². The summed E-state index contributed by atoms with van der Waals surface area (Å²) < 4.78 is 6.59. The molecule has 0 radical (unpaired) electrons. The van der Waals surface area contributed by atoms with Gasteiger partial charge >= 0.3 is 0 Å². The van der Waals surface area contributed by atoms with Crippen LogP contribution in [-0.4, -0.2) is 26.0 Å². The van der Waals surface area contributed by atoms with E-state index in [1.807, 2.05) is 0 Å². The largest absolute Gasteiger partial charge is 0.413 e. The summed E-state index contributed by atoms with van der Waals surface area (Å²) in [7, 11) is -1.86. The highest BCUT2D eigenvalue weighted by Crippen LogP contribution is 2.63. The molecule has 0 amide bonds. The van der Waals surface area contributed by atoms with E-state index in [1.54, 1.807) is 0 Å². The van der Waals surface area contributed by atoms with Crippen LogP contribution in [0.4, 0.5) is 0 Å². The lowest BCUT2D eigenvalue weighted by Crippen LogP contribution is -2.46. The van der Waals surface area contributed by atoms with Gasteiger partial charge < -0.3 is 4.43 Å². The van der Waals surface area contributed by atoms with Crippen molar-refractivity contribution in [2.24, 2.45) is 17.3 Å². The first-order chi connectivity index (χ1) is 9.57. The van der Waals surface area contributed by atoms with Gasteiger partial charge in [-0.15, -0.1) is 0 Å². The van der Waals surface area contributed by atoms with Gasteiger partial charge in [0.1, 0.15) is 11.6 Å². The van der Waals surface area contributed by atoms with Gasteiger partial charge in [0, 0.05) is 25.2 Å². The fourth-order valence-corrected chi connectivity index (χ4v) is 6.04. The van der Waals surface area contributed by atoms with Crippen molar-refractivity contribution in [3.63, 3.8) is 0 Å². The van der Waals surface area contributed by atoms with E-state index in [-0.39, 0.29) is 22.5 Å². The molecule has 0 aromatic rings. The van der Waals surface area contributed by atoms with E-state index in [0.29, 0.717) is 36.7 Å². The van der Waals surface area contributed by atoms with E-state index in [0.717, 1.165) is 12.8 Å². The molecule has 4 atom stereocenters. The van der Waals surface area contributed by atoms with Crippen LogP contribution in [0, 0.1) is 17.3 Å². The van der Waals surface area contributed by atoms with E-state index >= 15 is 0 Å². The molecule has 0 bridgehead atoms. The standard InChI is InChI=1S/C17H28O3Si/c1-16(2,3)21(4,5)20-14-6-7-17-10-12(18)8-11(17)9-13(19)15(14)17/h11,14-15H,6-10H2,1-5H3/t11-,14+,15+,17-/m0/s1. The van der Waals surface area contributed by atoms with Crippen molar-refractivity contribution in [3.8, 4) is 0 Å². The lowest BCUT2D eigenvalue weighted by molar-refractivity contribution is -0.125. The van der Waals surface area contributed by atoms with E-state index in [9.17, 15) is 9.59 Å². The van der Waals surface area contributed by atoms with Crippen LogP contribution in [-0.2, 0) is 14.0 Å². The second kappa shape index (κ2) is 4.51. The van der Waals surface area contributed by atoms with E-state index in [2.05, 4.69) is 33.9 Å². The van der Waals surface area contributed by atoms with Crippen molar-refractivity contribution in [2.75, 3.05) is 0 Å². The lowest BCUT2D eigenvalue weighted by atomic mass is 9.75. The maximum absolute atomic E-state index is 12.5. The van der Waals surface area contributed by atoms with Gasteiger partial charge in [0.15, 0.2) is 8.32 Å². The molecule has 0 aliphatic heterocycles. The average Bonchev–Trinajstić information content (AvgIpc) is 2.86. The number of ketones is 2. The van der Waals surface area contributed by atoms with Crippen molar-refractivity contribution in [1.82, 2.24) is 0 Å². The number of hydrogen-bond donors (Lipinski definition) is 0. The average molecular weight is 308 g/mol. The molecule has 3 rings (SSSR count). The van der Waals surface area contributed by atoms with E-state index in [4.69, 9.17) is 4.43 Å². The molecule has 1 spiro atoms. The third-order valence-corrected chi connectivity index (χ3v) is 11.2. The maximum atomic E-state index is 12.5. The number of rotatable bonds is 2. The van der Waals surface area contributed by atoms with E-state index in [1.165, 1.54) is 0 Å². The molecule has 4 heteroatoms. The summed E-state index contributed by atoms with van der Waals surface area (Å²) in [5.41, 5.74) is -0.0266. The highest BCUT2D eigenvalue weighted by Gasteiger charge is 2.65. The van der Waals surface area contributed by atoms with Crippen LogP contribution in [0.5, 0.6) is 0 Å². The maximum Gasteiger partial charge on any atom is 0.192 e. The Labute approximate surface area is 129 Å². The Morgan fingerprint density at radius 2 is 1.86 bits per heavy atom. The molecule has 118 valence electrons. The van der Waals surface area contributed by atoms with Crippen LogP contribution in [0.15, 0.2) is 0 Å². The van der Waals surface area contributed by atoms with Crippen molar-refractivity contribution in [1.29, 1.82) is 0 Å². The molecule has 3 aliphatic rings. The quantitative estimate of drug-likeness (QED) is 0.730. The fourth-order valence-electron chi connectivity index (χ4n) is 4.68. The van der Waals surface area contributed by atoms with Crippen molar-refractivity contribution < 1.29 is 14.0 Å². The smallest absolute Gasteiger partial charge is 0.192 e. The molecule has 0 aromatic carbocycles. The van der Waals surface area contributed by atoms with Crippen LogP contribution in [0.2, 0.25) is 18.1 Å². The Balaban J connectivity index is 1.84. The molecule has 0 aromatic heterocycles.